The Hall–Kier alpha value is -0.230. The lowest BCUT2D eigenvalue weighted by molar-refractivity contribution is 0.241. The third-order valence-corrected chi connectivity index (χ3v) is 3.07. The maximum absolute atomic E-state index is 11.3. The smallest absolute Gasteiger partial charge is 0.285 e. The van der Waals surface area contributed by atoms with Crippen LogP contribution in [0.15, 0.2) is 29.2 Å². The molecule has 1 rings (SSSR count). The van der Waals surface area contributed by atoms with Crippen molar-refractivity contribution < 1.29 is 4.79 Å². The van der Waals surface area contributed by atoms with E-state index in [1.54, 1.807) is 19.0 Å². The lowest BCUT2D eigenvalue weighted by Gasteiger charge is -2.08. The second-order valence-electron chi connectivity index (χ2n) is 2.72. The number of hydrogen-bond donors (Lipinski definition) is 0. The van der Waals surface area contributed by atoms with Gasteiger partial charge in [-0.15, -0.1) is 0 Å². The first-order valence-electron chi connectivity index (χ1n) is 3.74. The van der Waals surface area contributed by atoms with Crippen molar-refractivity contribution in [2.24, 2.45) is 0 Å². The van der Waals surface area contributed by atoms with Crippen LogP contribution in [0, 0.1) is 3.57 Å². The maximum Gasteiger partial charge on any atom is 0.285 e. The fraction of sp³-hybridized carbons (Fsp3) is 0.222. The van der Waals surface area contributed by atoms with E-state index in [-0.39, 0.29) is 5.24 Å². The molecule has 4 heteroatoms. The first-order valence-corrected chi connectivity index (χ1v) is 5.64. The average Bonchev–Trinajstić information content (AvgIpc) is 2.04. The molecule has 0 radical (unpaired) electrons. The summed E-state index contributed by atoms with van der Waals surface area (Å²) >= 11 is 3.48. The van der Waals surface area contributed by atoms with Crippen LogP contribution in [0.5, 0.6) is 0 Å². The minimum absolute atomic E-state index is 0.0574. The first-order chi connectivity index (χ1) is 6.09. The van der Waals surface area contributed by atoms with Crippen LogP contribution in [-0.2, 0) is 0 Å². The number of hydrogen-bond acceptors (Lipinski definition) is 2. The summed E-state index contributed by atoms with van der Waals surface area (Å²) in [6, 6.07) is 7.89. The van der Waals surface area contributed by atoms with Gasteiger partial charge in [0.1, 0.15) is 0 Å². The van der Waals surface area contributed by atoms with E-state index in [1.165, 1.54) is 11.8 Å². The maximum atomic E-state index is 11.3. The largest absolute Gasteiger partial charge is 0.339 e. The van der Waals surface area contributed by atoms with E-state index in [4.69, 9.17) is 0 Å². The van der Waals surface area contributed by atoms with E-state index < -0.39 is 0 Å². The summed E-state index contributed by atoms with van der Waals surface area (Å²) in [6.07, 6.45) is 0. The van der Waals surface area contributed by atoms with Crippen molar-refractivity contribution in [1.29, 1.82) is 0 Å². The highest BCUT2D eigenvalue weighted by Crippen LogP contribution is 2.21. The first kappa shape index (κ1) is 10.8. The molecule has 0 aromatic heterocycles. The van der Waals surface area contributed by atoms with Crippen LogP contribution in [-0.4, -0.2) is 24.2 Å². The SMILES string of the molecule is CN(C)C(=O)Sc1cccc(I)c1. The molecule has 2 nitrogen and oxygen atoms in total. The molecule has 0 fully saturated rings. The lowest BCUT2D eigenvalue weighted by atomic mass is 10.4. The van der Waals surface area contributed by atoms with Gasteiger partial charge in [0, 0.05) is 22.6 Å². The number of rotatable bonds is 1. The Morgan fingerprint density at radius 1 is 1.46 bits per heavy atom. The van der Waals surface area contributed by atoms with E-state index in [2.05, 4.69) is 22.6 Å². The van der Waals surface area contributed by atoms with Crippen molar-refractivity contribution in [3.05, 3.63) is 27.8 Å². The molecule has 0 heterocycles. The van der Waals surface area contributed by atoms with Crippen molar-refractivity contribution in [2.45, 2.75) is 4.90 Å². The monoisotopic (exact) mass is 307 g/mol. The predicted molar refractivity (Wildman–Crippen MR) is 64.1 cm³/mol. The van der Waals surface area contributed by atoms with Crippen LogP contribution in [0.3, 0.4) is 0 Å². The Morgan fingerprint density at radius 3 is 2.69 bits per heavy atom. The molecule has 0 saturated heterocycles. The number of nitrogens with zero attached hydrogens (tertiary/aromatic N) is 1. The second kappa shape index (κ2) is 4.85. The van der Waals surface area contributed by atoms with E-state index in [1.807, 2.05) is 24.3 Å². The number of benzene rings is 1. The summed E-state index contributed by atoms with van der Waals surface area (Å²) in [6.45, 7) is 0. The predicted octanol–water partition coefficient (Wildman–Crippen LogP) is 3.06. The summed E-state index contributed by atoms with van der Waals surface area (Å²) in [4.78, 5) is 13.9. The molecular weight excluding hydrogens is 297 g/mol. The van der Waals surface area contributed by atoms with Crippen molar-refractivity contribution in [1.82, 2.24) is 4.90 Å². The van der Waals surface area contributed by atoms with Crippen molar-refractivity contribution in [3.63, 3.8) is 0 Å². The van der Waals surface area contributed by atoms with Gasteiger partial charge in [0.15, 0.2) is 0 Å². The van der Waals surface area contributed by atoms with Gasteiger partial charge >= 0.3 is 0 Å². The van der Waals surface area contributed by atoms with Crippen LogP contribution in [0.2, 0.25) is 0 Å². The average molecular weight is 307 g/mol. The zero-order chi connectivity index (χ0) is 9.84. The van der Waals surface area contributed by atoms with E-state index >= 15 is 0 Å². The molecule has 1 amide bonds. The molecule has 0 aliphatic carbocycles. The minimum atomic E-state index is 0.0574. The molecule has 0 saturated carbocycles. The minimum Gasteiger partial charge on any atom is -0.339 e. The molecule has 0 aliphatic heterocycles. The summed E-state index contributed by atoms with van der Waals surface area (Å²) in [5.41, 5.74) is 0. The van der Waals surface area contributed by atoms with Gasteiger partial charge in [-0.2, -0.15) is 0 Å². The van der Waals surface area contributed by atoms with Crippen molar-refractivity contribution >= 4 is 39.6 Å². The number of carbonyl (C=O) groups is 1. The topological polar surface area (TPSA) is 20.3 Å². The Bertz CT molecular complexity index is 314. The zero-order valence-electron chi connectivity index (χ0n) is 7.45. The van der Waals surface area contributed by atoms with Crippen LogP contribution < -0.4 is 0 Å². The van der Waals surface area contributed by atoms with E-state index in [9.17, 15) is 4.79 Å². The second-order valence-corrected chi connectivity index (χ2v) is 4.99. The summed E-state index contributed by atoms with van der Waals surface area (Å²) in [7, 11) is 3.51. The summed E-state index contributed by atoms with van der Waals surface area (Å²) in [5, 5.41) is 0.0574. The Labute approximate surface area is 95.8 Å². The number of amides is 1. The van der Waals surface area contributed by atoms with Gasteiger partial charge in [0.05, 0.1) is 0 Å². The van der Waals surface area contributed by atoms with Gasteiger partial charge in [-0.3, -0.25) is 4.79 Å². The third kappa shape index (κ3) is 3.56. The van der Waals surface area contributed by atoms with Gasteiger partial charge in [-0.25, -0.2) is 0 Å². The van der Waals surface area contributed by atoms with Gasteiger partial charge in [-0.1, -0.05) is 6.07 Å². The van der Waals surface area contributed by atoms with Crippen LogP contribution >= 0.6 is 34.4 Å². The van der Waals surface area contributed by atoms with Gasteiger partial charge in [0.25, 0.3) is 5.24 Å². The van der Waals surface area contributed by atoms with Gasteiger partial charge in [-0.05, 0) is 52.6 Å². The molecule has 0 aliphatic rings. The Morgan fingerprint density at radius 2 is 2.15 bits per heavy atom. The number of carbonyl (C=O) groups excluding carboxylic acids is 1. The van der Waals surface area contributed by atoms with E-state index in [0.29, 0.717) is 0 Å². The third-order valence-electron chi connectivity index (χ3n) is 1.37. The van der Waals surface area contributed by atoms with Crippen molar-refractivity contribution in [3.8, 4) is 0 Å². The normalized spacial score (nSPS) is 9.77. The molecule has 0 spiro atoms. The zero-order valence-corrected chi connectivity index (χ0v) is 10.4. The highest BCUT2D eigenvalue weighted by atomic mass is 127. The molecule has 0 N–H and O–H groups in total. The quantitative estimate of drug-likeness (QED) is 0.587. The fourth-order valence-corrected chi connectivity index (χ4v) is 2.19. The molecule has 0 bridgehead atoms. The van der Waals surface area contributed by atoms with Crippen LogP contribution in [0.25, 0.3) is 0 Å². The Kier molecular flexibility index (Phi) is 4.05. The molecule has 70 valence electrons. The standard InChI is InChI=1S/C9H10INOS/c1-11(2)9(12)13-8-5-3-4-7(10)6-8/h3-6H,1-2H3. The van der Waals surface area contributed by atoms with Gasteiger partial charge in [0.2, 0.25) is 0 Å². The molecular formula is C9H10INOS. The summed E-state index contributed by atoms with van der Waals surface area (Å²) in [5.74, 6) is 0. The molecule has 1 aromatic carbocycles. The van der Waals surface area contributed by atoms with Crippen molar-refractivity contribution in [2.75, 3.05) is 14.1 Å². The van der Waals surface area contributed by atoms with E-state index in [0.717, 1.165) is 8.47 Å². The van der Waals surface area contributed by atoms with Crippen LogP contribution in [0.1, 0.15) is 0 Å². The molecule has 0 atom stereocenters. The summed E-state index contributed by atoms with van der Waals surface area (Å²) < 4.78 is 1.15. The highest BCUT2D eigenvalue weighted by molar-refractivity contribution is 14.1. The fourth-order valence-electron chi connectivity index (χ4n) is 0.723. The lowest BCUT2D eigenvalue weighted by Crippen LogP contribution is -2.15. The van der Waals surface area contributed by atoms with Crippen LogP contribution in [0.4, 0.5) is 4.79 Å². The number of thioether (sulfide) groups is 1. The van der Waals surface area contributed by atoms with Gasteiger partial charge < -0.3 is 4.90 Å². The highest BCUT2D eigenvalue weighted by Gasteiger charge is 2.05. The molecule has 1 aromatic rings. The number of halogens is 1. The molecule has 13 heavy (non-hydrogen) atoms. The Balaban J connectivity index is 2.69. The molecule has 0 unspecified atom stereocenters.